The van der Waals surface area contributed by atoms with Gasteiger partial charge < -0.3 is 16.0 Å². The molecule has 3 rings (SSSR count). The minimum absolute atomic E-state index is 0.215. The molecule has 2 aliphatic heterocycles. The number of carbonyl (C=O) groups excluding carboxylic acids is 2. The van der Waals surface area contributed by atoms with E-state index in [1.165, 1.54) is 24.0 Å². The molecule has 2 aliphatic rings. The van der Waals surface area contributed by atoms with E-state index in [9.17, 15) is 9.59 Å². The van der Waals surface area contributed by atoms with Gasteiger partial charge in [0.15, 0.2) is 0 Å². The van der Waals surface area contributed by atoms with Crippen LogP contribution in [0.25, 0.3) is 6.08 Å². The van der Waals surface area contributed by atoms with Crippen LogP contribution in [0.5, 0.6) is 0 Å². The van der Waals surface area contributed by atoms with Gasteiger partial charge >= 0.3 is 0 Å². The Morgan fingerprint density at radius 1 is 1.21 bits per heavy atom. The molecule has 2 heterocycles. The van der Waals surface area contributed by atoms with E-state index in [-0.39, 0.29) is 11.1 Å². The molecule has 0 radical (unpaired) electrons. The van der Waals surface area contributed by atoms with Crippen molar-refractivity contribution in [3.8, 4) is 0 Å². The number of benzene rings is 1. The maximum absolute atomic E-state index is 12.5. The van der Waals surface area contributed by atoms with Gasteiger partial charge in [-0.2, -0.15) is 0 Å². The number of nitrogens with zero attached hydrogens (tertiary/aromatic N) is 2. The summed E-state index contributed by atoms with van der Waals surface area (Å²) in [5.74, 6) is -0.238. The minimum atomic E-state index is -0.238. The van der Waals surface area contributed by atoms with Crippen molar-refractivity contribution in [3.63, 3.8) is 0 Å². The number of nitrogens with two attached hydrogens (primary N) is 1. The van der Waals surface area contributed by atoms with Crippen LogP contribution in [0.4, 0.5) is 10.5 Å². The summed E-state index contributed by atoms with van der Waals surface area (Å²) in [6.45, 7) is 3.27. The van der Waals surface area contributed by atoms with E-state index in [0.29, 0.717) is 22.7 Å². The smallest absolute Gasteiger partial charge is 0.293 e. The fourth-order valence-corrected chi connectivity index (χ4v) is 3.76. The molecular formula is C17H20N4O2S. The van der Waals surface area contributed by atoms with Crippen LogP contribution >= 0.6 is 11.8 Å². The number of nitrogen functional groups attached to an aromatic ring is 1. The number of amides is 2. The van der Waals surface area contributed by atoms with Crippen LogP contribution in [0.3, 0.4) is 0 Å². The Morgan fingerprint density at radius 3 is 2.67 bits per heavy atom. The predicted molar refractivity (Wildman–Crippen MR) is 97.1 cm³/mol. The van der Waals surface area contributed by atoms with Crippen molar-refractivity contribution in [1.29, 1.82) is 5.41 Å². The van der Waals surface area contributed by atoms with Crippen LogP contribution in [0, 0.1) is 5.41 Å². The number of rotatable bonds is 5. The molecule has 7 heteroatoms. The van der Waals surface area contributed by atoms with Crippen molar-refractivity contribution in [2.75, 3.05) is 31.9 Å². The van der Waals surface area contributed by atoms with Crippen LogP contribution in [0.15, 0.2) is 23.1 Å². The molecule has 6 nitrogen and oxygen atoms in total. The SMILES string of the molecule is N=Cc1cc(/C=C2\SC(=O)N(CCN3CCCC3)C2=O)ccc1N. The quantitative estimate of drug-likeness (QED) is 0.486. The van der Waals surface area contributed by atoms with Crippen molar-refractivity contribution in [2.24, 2.45) is 0 Å². The van der Waals surface area contributed by atoms with E-state index in [0.717, 1.165) is 37.0 Å². The normalized spacial score (nSPS) is 20.3. The topological polar surface area (TPSA) is 90.5 Å². The van der Waals surface area contributed by atoms with Crippen LogP contribution in [0.1, 0.15) is 24.0 Å². The molecule has 2 saturated heterocycles. The first-order valence-corrected chi connectivity index (χ1v) is 8.78. The van der Waals surface area contributed by atoms with E-state index < -0.39 is 0 Å². The highest BCUT2D eigenvalue weighted by molar-refractivity contribution is 8.18. The zero-order valence-corrected chi connectivity index (χ0v) is 14.1. The average Bonchev–Trinajstić information content (AvgIpc) is 3.17. The van der Waals surface area contributed by atoms with E-state index >= 15 is 0 Å². The van der Waals surface area contributed by atoms with E-state index in [1.807, 2.05) is 0 Å². The number of anilines is 1. The Morgan fingerprint density at radius 2 is 1.96 bits per heavy atom. The molecule has 0 unspecified atom stereocenters. The third-order valence-electron chi connectivity index (χ3n) is 4.28. The van der Waals surface area contributed by atoms with Crippen LogP contribution in [0.2, 0.25) is 0 Å². The molecule has 0 aliphatic carbocycles. The summed E-state index contributed by atoms with van der Waals surface area (Å²) in [5, 5.41) is 7.13. The number of hydrogen-bond acceptors (Lipinski definition) is 6. The molecule has 2 amide bonds. The largest absolute Gasteiger partial charge is 0.398 e. The van der Waals surface area contributed by atoms with Crippen LogP contribution < -0.4 is 5.73 Å². The first-order chi connectivity index (χ1) is 11.6. The summed E-state index contributed by atoms with van der Waals surface area (Å²) >= 11 is 0.968. The maximum Gasteiger partial charge on any atom is 0.293 e. The molecule has 0 saturated carbocycles. The molecule has 2 fully saturated rings. The van der Waals surface area contributed by atoms with Gasteiger partial charge in [0.2, 0.25) is 0 Å². The molecule has 1 aromatic rings. The van der Waals surface area contributed by atoms with Gasteiger partial charge in [0, 0.05) is 30.6 Å². The monoisotopic (exact) mass is 344 g/mol. The average molecular weight is 344 g/mol. The lowest BCUT2D eigenvalue weighted by Crippen LogP contribution is -2.36. The Kier molecular flexibility index (Phi) is 5.01. The van der Waals surface area contributed by atoms with Crippen molar-refractivity contribution >= 4 is 40.9 Å². The molecule has 24 heavy (non-hydrogen) atoms. The number of thioether (sulfide) groups is 1. The number of hydrogen-bond donors (Lipinski definition) is 2. The van der Waals surface area contributed by atoms with E-state index in [2.05, 4.69) is 4.90 Å². The molecule has 0 bridgehead atoms. The van der Waals surface area contributed by atoms with Gasteiger partial charge in [0.05, 0.1) is 4.91 Å². The van der Waals surface area contributed by atoms with Crippen molar-refractivity contribution in [2.45, 2.75) is 12.8 Å². The molecular weight excluding hydrogens is 324 g/mol. The highest BCUT2D eigenvalue weighted by Crippen LogP contribution is 2.32. The fourth-order valence-electron chi connectivity index (χ4n) is 2.90. The number of imide groups is 1. The molecule has 0 spiro atoms. The molecule has 126 valence electrons. The minimum Gasteiger partial charge on any atom is -0.398 e. The third kappa shape index (κ3) is 3.52. The fraction of sp³-hybridized carbons (Fsp3) is 0.353. The Bertz CT molecular complexity index is 711. The van der Waals surface area contributed by atoms with Crippen molar-refractivity contribution < 1.29 is 9.59 Å². The summed E-state index contributed by atoms with van der Waals surface area (Å²) in [7, 11) is 0. The van der Waals surface area contributed by atoms with Gasteiger partial charge in [-0.25, -0.2) is 0 Å². The standard InChI is InChI=1S/C17H20N4O2S/c18-11-13-9-12(3-4-14(13)19)10-15-16(22)21(17(23)24-15)8-7-20-5-1-2-6-20/h3-4,9-11,18H,1-2,5-8,19H2/b15-10-,18-11?. The van der Waals surface area contributed by atoms with Gasteiger partial charge in [-0.15, -0.1) is 0 Å². The highest BCUT2D eigenvalue weighted by Gasteiger charge is 2.35. The molecule has 0 atom stereocenters. The molecule has 0 aromatic heterocycles. The first kappa shape index (κ1) is 16.7. The number of carbonyl (C=O) groups is 2. The second-order valence-electron chi connectivity index (χ2n) is 5.91. The summed E-state index contributed by atoms with van der Waals surface area (Å²) in [6.07, 6.45) is 5.24. The zero-order valence-electron chi connectivity index (χ0n) is 13.3. The number of nitrogens with one attached hydrogen (secondary N) is 1. The zero-order chi connectivity index (χ0) is 17.1. The lowest BCUT2D eigenvalue weighted by atomic mass is 10.1. The van der Waals surface area contributed by atoms with E-state index in [1.54, 1.807) is 24.3 Å². The summed E-state index contributed by atoms with van der Waals surface area (Å²) in [5.41, 5.74) is 7.63. The summed E-state index contributed by atoms with van der Waals surface area (Å²) in [6, 6.07) is 5.21. The molecule has 3 N–H and O–H groups in total. The van der Waals surface area contributed by atoms with Crippen LogP contribution in [-0.2, 0) is 4.79 Å². The Labute approximate surface area is 145 Å². The highest BCUT2D eigenvalue weighted by atomic mass is 32.2. The maximum atomic E-state index is 12.5. The Balaban J connectivity index is 1.71. The second kappa shape index (κ2) is 7.19. The predicted octanol–water partition coefficient (Wildman–Crippen LogP) is 2.40. The van der Waals surface area contributed by atoms with Gasteiger partial charge in [-0.3, -0.25) is 14.5 Å². The summed E-state index contributed by atoms with van der Waals surface area (Å²) < 4.78 is 0. The lowest BCUT2D eigenvalue weighted by Gasteiger charge is -2.18. The van der Waals surface area contributed by atoms with Crippen molar-refractivity contribution in [1.82, 2.24) is 9.80 Å². The Hall–Kier alpha value is -2.12. The van der Waals surface area contributed by atoms with Gasteiger partial charge in [-0.1, -0.05) is 6.07 Å². The first-order valence-electron chi connectivity index (χ1n) is 7.96. The van der Waals surface area contributed by atoms with Gasteiger partial charge in [0.25, 0.3) is 11.1 Å². The van der Waals surface area contributed by atoms with Gasteiger partial charge in [-0.05, 0) is 61.5 Å². The van der Waals surface area contributed by atoms with E-state index in [4.69, 9.17) is 11.1 Å². The second-order valence-corrected chi connectivity index (χ2v) is 6.91. The third-order valence-corrected chi connectivity index (χ3v) is 5.18. The lowest BCUT2D eigenvalue weighted by molar-refractivity contribution is -0.122. The van der Waals surface area contributed by atoms with Crippen molar-refractivity contribution in [3.05, 3.63) is 34.2 Å². The summed E-state index contributed by atoms with van der Waals surface area (Å²) in [4.78, 5) is 28.6. The van der Waals surface area contributed by atoms with Crippen LogP contribution in [-0.4, -0.2) is 53.3 Å². The molecule has 1 aromatic carbocycles. The van der Waals surface area contributed by atoms with Gasteiger partial charge in [0.1, 0.15) is 0 Å². The number of likely N-dealkylation sites (tertiary alicyclic amines) is 1.